The lowest BCUT2D eigenvalue weighted by Gasteiger charge is -2.09. The van der Waals surface area contributed by atoms with Gasteiger partial charge < -0.3 is 10.1 Å². The van der Waals surface area contributed by atoms with E-state index in [9.17, 15) is 18.5 Å². The van der Waals surface area contributed by atoms with Crippen molar-refractivity contribution in [1.82, 2.24) is 10.0 Å². The van der Waals surface area contributed by atoms with Gasteiger partial charge in [-0.3, -0.25) is 10.1 Å². The molecular formula is C12H17N3O5S. The molecule has 0 radical (unpaired) electrons. The molecule has 2 N–H and O–H groups in total. The first-order valence-electron chi connectivity index (χ1n) is 6.49. The molecule has 0 spiro atoms. The number of nitro benzene ring substituents is 1. The van der Waals surface area contributed by atoms with Gasteiger partial charge in [0.15, 0.2) is 4.90 Å². The minimum absolute atomic E-state index is 0.183. The number of nitrogens with one attached hydrogen (secondary N) is 2. The van der Waals surface area contributed by atoms with Crippen LogP contribution >= 0.6 is 0 Å². The van der Waals surface area contributed by atoms with Gasteiger partial charge in [-0.2, -0.15) is 0 Å². The van der Waals surface area contributed by atoms with Crippen molar-refractivity contribution >= 4 is 15.7 Å². The first kappa shape index (κ1) is 15.7. The van der Waals surface area contributed by atoms with E-state index in [1.165, 1.54) is 19.2 Å². The molecule has 1 fully saturated rings. The van der Waals surface area contributed by atoms with Crippen LogP contribution in [0.3, 0.4) is 0 Å². The molecule has 0 aliphatic heterocycles. The number of benzene rings is 1. The van der Waals surface area contributed by atoms with Crippen LogP contribution in [0.4, 0.5) is 5.69 Å². The van der Waals surface area contributed by atoms with Crippen LogP contribution in [0.15, 0.2) is 23.1 Å². The van der Waals surface area contributed by atoms with Gasteiger partial charge in [-0.15, -0.1) is 0 Å². The summed E-state index contributed by atoms with van der Waals surface area (Å²) in [5.41, 5.74) is -0.503. The molecule has 0 heterocycles. The molecule has 1 aromatic carbocycles. The van der Waals surface area contributed by atoms with Crippen molar-refractivity contribution in [3.63, 3.8) is 0 Å². The van der Waals surface area contributed by atoms with E-state index in [-0.39, 0.29) is 17.2 Å². The van der Waals surface area contributed by atoms with Gasteiger partial charge in [0, 0.05) is 19.1 Å². The molecule has 0 atom stereocenters. The molecule has 0 saturated heterocycles. The molecule has 116 valence electrons. The fraction of sp³-hybridized carbons (Fsp3) is 0.500. The second-order valence-electron chi connectivity index (χ2n) is 4.72. The predicted molar refractivity (Wildman–Crippen MR) is 75.9 cm³/mol. The minimum atomic E-state index is -3.93. The second-order valence-corrected chi connectivity index (χ2v) is 6.45. The Morgan fingerprint density at radius 3 is 2.67 bits per heavy atom. The maximum atomic E-state index is 12.1. The summed E-state index contributed by atoms with van der Waals surface area (Å²) in [6.07, 6.45) is 2.22. The topological polar surface area (TPSA) is 111 Å². The Hall–Kier alpha value is -1.71. The molecular weight excluding hydrogens is 298 g/mol. The molecule has 0 aromatic heterocycles. The zero-order chi connectivity index (χ0) is 15.5. The van der Waals surface area contributed by atoms with Crippen molar-refractivity contribution in [2.75, 3.05) is 20.2 Å². The van der Waals surface area contributed by atoms with Gasteiger partial charge in [-0.25, -0.2) is 13.1 Å². The number of sulfonamides is 1. The summed E-state index contributed by atoms with van der Waals surface area (Å²) in [6, 6.07) is 4.12. The zero-order valence-electron chi connectivity index (χ0n) is 11.5. The van der Waals surface area contributed by atoms with E-state index in [1.54, 1.807) is 0 Å². The molecule has 1 saturated carbocycles. The SMILES string of the molecule is COc1ccc(S(=O)(=O)NCCNC2CC2)c([N+](=O)[O-])c1. The Balaban J connectivity index is 2.11. The fourth-order valence-corrected chi connectivity index (χ4v) is 3.00. The Labute approximate surface area is 122 Å². The number of hydrogen-bond donors (Lipinski definition) is 2. The van der Waals surface area contributed by atoms with E-state index >= 15 is 0 Å². The summed E-state index contributed by atoms with van der Waals surface area (Å²) in [5, 5.41) is 14.2. The number of nitrogens with zero attached hydrogens (tertiary/aromatic N) is 1. The van der Waals surface area contributed by atoms with E-state index in [4.69, 9.17) is 4.74 Å². The Morgan fingerprint density at radius 2 is 2.10 bits per heavy atom. The van der Waals surface area contributed by atoms with Crippen LogP contribution in [0.1, 0.15) is 12.8 Å². The van der Waals surface area contributed by atoms with Crippen LogP contribution in [-0.4, -0.2) is 39.6 Å². The normalized spacial score (nSPS) is 14.9. The summed E-state index contributed by atoms with van der Waals surface area (Å²) in [7, 11) is -2.57. The lowest BCUT2D eigenvalue weighted by molar-refractivity contribution is -0.387. The van der Waals surface area contributed by atoms with Gasteiger partial charge in [-0.1, -0.05) is 0 Å². The van der Waals surface area contributed by atoms with Crippen molar-refractivity contribution in [1.29, 1.82) is 0 Å². The summed E-state index contributed by atoms with van der Waals surface area (Å²) in [4.78, 5) is 9.91. The summed E-state index contributed by atoms with van der Waals surface area (Å²) in [5.74, 6) is 0.232. The molecule has 1 aliphatic carbocycles. The molecule has 2 rings (SSSR count). The number of hydrogen-bond acceptors (Lipinski definition) is 6. The first-order valence-corrected chi connectivity index (χ1v) is 7.98. The van der Waals surface area contributed by atoms with Crippen LogP contribution in [0.2, 0.25) is 0 Å². The van der Waals surface area contributed by atoms with E-state index in [0.29, 0.717) is 12.6 Å². The number of rotatable bonds is 8. The van der Waals surface area contributed by atoms with Gasteiger partial charge in [0.05, 0.1) is 18.1 Å². The van der Waals surface area contributed by atoms with Crippen molar-refractivity contribution < 1.29 is 18.1 Å². The Kier molecular flexibility index (Phi) is 4.76. The van der Waals surface area contributed by atoms with Crippen LogP contribution in [0.25, 0.3) is 0 Å². The third-order valence-electron chi connectivity index (χ3n) is 3.08. The molecule has 0 amide bonds. The Bertz CT molecular complexity index is 628. The molecule has 21 heavy (non-hydrogen) atoms. The van der Waals surface area contributed by atoms with Gasteiger partial charge >= 0.3 is 0 Å². The average molecular weight is 315 g/mol. The smallest absolute Gasteiger partial charge is 0.293 e. The molecule has 1 aliphatic rings. The van der Waals surface area contributed by atoms with E-state index in [1.807, 2.05) is 0 Å². The third kappa shape index (κ3) is 4.13. The standard InChI is InChI=1S/C12H17N3O5S/c1-20-10-4-5-12(11(8-10)15(16)17)21(18,19)14-7-6-13-9-2-3-9/h4-5,8-9,13-14H,2-3,6-7H2,1H3. The molecule has 8 nitrogen and oxygen atoms in total. The van der Waals surface area contributed by atoms with Crippen molar-refractivity contribution in [3.8, 4) is 5.75 Å². The molecule has 1 aromatic rings. The van der Waals surface area contributed by atoms with Crippen LogP contribution in [0.5, 0.6) is 5.75 Å². The third-order valence-corrected chi connectivity index (χ3v) is 4.59. The highest BCUT2D eigenvalue weighted by atomic mass is 32.2. The minimum Gasteiger partial charge on any atom is -0.497 e. The summed E-state index contributed by atoms with van der Waals surface area (Å²) in [6.45, 7) is 0.676. The maximum absolute atomic E-state index is 12.1. The first-order chi connectivity index (χ1) is 9.94. The van der Waals surface area contributed by atoms with Crippen molar-refractivity contribution in [2.24, 2.45) is 0 Å². The lowest BCUT2D eigenvalue weighted by Crippen LogP contribution is -2.33. The summed E-state index contributed by atoms with van der Waals surface area (Å²) < 4.78 is 31.5. The van der Waals surface area contributed by atoms with Crippen LogP contribution in [0, 0.1) is 10.1 Å². The highest BCUT2D eigenvalue weighted by molar-refractivity contribution is 7.89. The van der Waals surface area contributed by atoms with Gasteiger partial charge in [-0.05, 0) is 25.0 Å². The average Bonchev–Trinajstić information content (AvgIpc) is 3.27. The lowest BCUT2D eigenvalue weighted by atomic mass is 10.3. The summed E-state index contributed by atoms with van der Waals surface area (Å²) >= 11 is 0. The van der Waals surface area contributed by atoms with Gasteiger partial charge in [0.25, 0.3) is 5.69 Å². The van der Waals surface area contributed by atoms with E-state index < -0.39 is 20.6 Å². The predicted octanol–water partition coefficient (Wildman–Crippen LogP) is 0.634. The quantitative estimate of drug-likeness (QED) is 0.413. The maximum Gasteiger partial charge on any atom is 0.293 e. The van der Waals surface area contributed by atoms with Crippen LogP contribution in [-0.2, 0) is 10.0 Å². The van der Waals surface area contributed by atoms with E-state index in [2.05, 4.69) is 10.0 Å². The number of nitro groups is 1. The molecule has 9 heteroatoms. The highest BCUT2D eigenvalue weighted by Gasteiger charge is 2.26. The number of ether oxygens (including phenoxy) is 1. The monoisotopic (exact) mass is 315 g/mol. The van der Waals surface area contributed by atoms with Crippen molar-refractivity contribution in [3.05, 3.63) is 28.3 Å². The zero-order valence-corrected chi connectivity index (χ0v) is 12.4. The number of methoxy groups -OCH3 is 1. The van der Waals surface area contributed by atoms with E-state index in [0.717, 1.165) is 18.9 Å². The second kappa shape index (κ2) is 6.37. The van der Waals surface area contributed by atoms with Crippen LogP contribution < -0.4 is 14.8 Å². The van der Waals surface area contributed by atoms with Crippen molar-refractivity contribution in [2.45, 2.75) is 23.8 Å². The molecule has 0 unspecified atom stereocenters. The largest absolute Gasteiger partial charge is 0.497 e. The highest BCUT2D eigenvalue weighted by Crippen LogP contribution is 2.28. The van der Waals surface area contributed by atoms with Gasteiger partial charge in [0.2, 0.25) is 10.0 Å². The molecule has 0 bridgehead atoms. The fourth-order valence-electron chi connectivity index (χ4n) is 1.82. The Morgan fingerprint density at radius 1 is 1.38 bits per heavy atom. The van der Waals surface area contributed by atoms with Gasteiger partial charge in [0.1, 0.15) is 5.75 Å².